The standard InChI is InChI=1S/C4H9NO3S2/c1-10(7,8)9-3-2-4(5)6/h2-3H2,1H3,(H2,5,6). The van der Waals surface area contributed by atoms with E-state index in [1.165, 1.54) is 0 Å². The zero-order valence-corrected chi connectivity index (χ0v) is 7.17. The summed E-state index contributed by atoms with van der Waals surface area (Å²) in [5.41, 5.74) is 4.77. The minimum atomic E-state index is -3.01. The quantitative estimate of drug-likeness (QED) is 0.599. The number of amides is 1. The molecule has 0 aliphatic heterocycles. The molecule has 0 saturated carbocycles. The number of carbonyl (C=O) groups excluding carboxylic acids is 1. The summed E-state index contributed by atoms with van der Waals surface area (Å²) in [6, 6.07) is 0. The molecule has 0 fully saturated rings. The summed E-state index contributed by atoms with van der Waals surface area (Å²) in [4.78, 5) is 10.1. The molecule has 0 aromatic carbocycles. The van der Waals surface area contributed by atoms with E-state index in [-0.39, 0.29) is 12.2 Å². The highest BCUT2D eigenvalue weighted by Gasteiger charge is 2.02. The molecule has 0 unspecified atom stereocenters. The average Bonchev–Trinajstić information content (AvgIpc) is 1.59. The summed E-state index contributed by atoms with van der Waals surface area (Å²) in [5, 5.41) is 0. The molecule has 60 valence electrons. The van der Waals surface area contributed by atoms with Crippen LogP contribution in [-0.4, -0.2) is 26.3 Å². The molecule has 6 heteroatoms. The van der Waals surface area contributed by atoms with E-state index < -0.39 is 14.8 Å². The zero-order valence-electron chi connectivity index (χ0n) is 5.53. The van der Waals surface area contributed by atoms with Gasteiger partial charge in [0.15, 0.2) is 8.87 Å². The van der Waals surface area contributed by atoms with Gasteiger partial charge in [-0.3, -0.25) is 4.79 Å². The van der Waals surface area contributed by atoms with Crippen LogP contribution in [0.3, 0.4) is 0 Å². The van der Waals surface area contributed by atoms with E-state index in [4.69, 9.17) is 5.73 Å². The Labute approximate surface area is 63.5 Å². The minimum Gasteiger partial charge on any atom is -0.370 e. The van der Waals surface area contributed by atoms with Crippen LogP contribution in [0.1, 0.15) is 6.42 Å². The topological polar surface area (TPSA) is 77.2 Å². The maximum atomic E-state index is 10.4. The molecular formula is C4H9NO3S2. The van der Waals surface area contributed by atoms with Crippen LogP contribution in [0.2, 0.25) is 0 Å². The van der Waals surface area contributed by atoms with Crippen LogP contribution in [0.4, 0.5) is 0 Å². The molecule has 0 bridgehead atoms. The van der Waals surface area contributed by atoms with Gasteiger partial charge in [0, 0.05) is 18.4 Å². The van der Waals surface area contributed by atoms with Crippen LogP contribution >= 0.6 is 10.8 Å². The van der Waals surface area contributed by atoms with E-state index >= 15 is 0 Å². The molecule has 2 N–H and O–H groups in total. The highest BCUT2D eigenvalue weighted by molar-refractivity contribution is 8.71. The Hall–Kier alpha value is -0.230. The third-order valence-electron chi connectivity index (χ3n) is 0.646. The van der Waals surface area contributed by atoms with Gasteiger partial charge in [0.05, 0.1) is 0 Å². The highest BCUT2D eigenvalue weighted by atomic mass is 33.1. The fourth-order valence-corrected chi connectivity index (χ4v) is 2.04. The second-order valence-electron chi connectivity index (χ2n) is 1.74. The molecule has 1 amide bonds. The summed E-state index contributed by atoms with van der Waals surface area (Å²) in [6.07, 6.45) is 1.20. The Balaban J connectivity index is 3.49. The molecule has 0 aliphatic rings. The van der Waals surface area contributed by atoms with Crippen LogP contribution in [0.5, 0.6) is 0 Å². The van der Waals surface area contributed by atoms with E-state index in [2.05, 4.69) is 0 Å². The first-order valence-corrected chi connectivity index (χ1v) is 5.94. The lowest BCUT2D eigenvalue weighted by molar-refractivity contribution is -0.117. The number of rotatable bonds is 4. The van der Waals surface area contributed by atoms with Crippen LogP contribution in [0.15, 0.2) is 0 Å². The van der Waals surface area contributed by atoms with Crippen molar-refractivity contribution < 1.29 is 13.2 Å². The fraction of sp³-hybridized carbons (Fsp3) is 0.750. The molecule has 4 nitrogen and oxygen atoms in total. The maximum Gasteiger partial charge on any atom is 0.218 e. The van der Waals surface area contributed by atoms with Crippen LogP contribution < -0.4 is 5.73 Å². The van der Waals surface area contributed by atoms with Crippen LogP contribution in [-0.2, 0) is 13.7 Å². The van der Waals surface area contributed by atoms with Gasteiger partial charge in [-0.1, -0.05) is 0 Å². The molecule has 0 saturated heterocycles. The fourth-order valence-electron chi connectivity index (χ4n) is 0.294. The number of carbonyl (C=O) groups is 1. The second kappa shape index (κ2) is 3.82. The third-order valence-corrected chi connectivity index (χ3v) is 3.23. The van der Waals surface area contributed by atoms with Gasteiger partial charge in [0.1, 0.15) is 0 Å². The van der Waals surface area contributed by atoms with Crippen molar-refractivity contribution >= 4 is 25.6 Å². The van der Waals surface area contributed by atoms with Gasteiger partial charge < -0.3 is 5.73 Å². The number of hydrogen-bond acceptors (Lipinski definition) is 4. The third kappa shape index (κ3) is 7.77. The Bertz CT molecular complexity index is 209. The highest BCUT2D eigenvalue weighted by Crippen LogP contribution is 2.09. The van der Waals surface area contributed by atoms with Gasteiger partial charge in [0.2, 0.25) is 5.91 Å². The van der Waals surface area contributed by atoms with Gasteiger partial charge in [-0.05, 0) is 10.8 Å². The summed E-state index contributed by atoms with van der Waals surface area (Å²) in [5.74, 6) is -0.232. The minimum absolute atomic E-state index is 0.109. The first kappa shape index (κ1) is 9.77. The lowest BCUT2D eigenvalue weighted by Gasteiger charge is -1.93. The summed E-state index contributed by atoms with van der Waals surface area (Å²) in [7, 11) is -2.28. The predicted octanol–water partition coefficient (Wildman–Crippen LogP) is -0.445. The van der Waals surface area contributed by atoms with Crippen molar-refractivity contribution in [1.29, 1.82) is 0 Å². The van der Waals surface area contributed by atoms with Gasteiger partial charge in [-0.15, -0.1) is 0 Å². The van der Waals surface area contributed by atoms with E-state index in [0.29, 0.717) is 0 Å². The maximum absolute atomic E-state index is 10.4. The zero-order chi connectivity index (χ0) is 8.20. The number of primary amides is 1. The lowest BCUT2D eigenvalue weighted by Crippen LogP contribution is -2.11. The second-order valence-corrected chi connectivity index (χ2v) is 6.32. The van der Waals surface area contributed by atoms with Gasteiger partial charge in [-0.2, -0.15) is 0 Å². The van der Waals surface area contributed by atoms with Crippen molar-refractivity contribution in [1.82, 2.24) is 0 Å². The Kier molecular flexibility index (Phi) is 3.73. The van der Waals surface area contributed by atoms with E-state index in [1.54, 1.807) is 0 Å². The summed E-state index contributed by atoms with van der Waals surface area (Å²) >= 11 is 0. The monoisotopic (exact) mass is 183 g/mol. The number of nitrogens with two attached hydrogens (primary N) is 1. The van der Waals surface area contributed by atoms with Crippen molar-refractivity contribution in [2.45, 2.75) is 6.42 Å². The largest absolute Gasteiger partial charge is 0.370 e. The van der Waals surface area contributed by atoms with E-state index in [1.807, 2.05) is 0 Å². The number of hydrogen-bond donors (Lipinski definition) is 1. The Morgan fingerprint density at radius 1 is 1.60 bits per heavy atom. The molecule has 0 aromatic heterocycles. The molecule has 0 aliphatic carbocycles. The normalized spacial score (nSPS) is 11.3. The van der Waals surface area contributed by atoms with Crippen molar-refractivity contribution in [2.75, 3.05) is 12.0 Å². The SMILES string of the molecule is CS(=O)(=O)SCCC(N)=O. The first-order valence-electron chi connectivity index (χ1n) is 2.54. The molecular weight excluding hydrogens is 174 g/mol. The van der Waals surface area contributed by atoms with Crippen LogP contribution in [0.25, 0.3) is 0 Å². The van der Waals surface area contributed by atoms with Crippen molar-refractivity contribution in [3.63, 3.8) is 0 Å². The van der Waals surface area contributed by atoms with E-state index in [0.717, 1.165) is 17.0 Å². The Morgan fingerprint density at radius 2 is 2.10 bits per heavy atom. The molecule has 0 aromatic rings. The van der Waals surface area contributed by atoms with Gasteiger partial charge >= 0.3 is 0 Å². The van der Waals surface area contributed by atoms with E-state index in [9.17, 15) is 13.2 Å². The molecule has 10 heavy (non-hydrogen) atoms. The smallest absolute Gasteiger partial charge is 0.218 e. The molecule has 0 spiro atoms. The molecule has 0 heterocycles. The molecule has 0 atom stereocenters. The predicted molar refractivity (Wildman–Crippen MR) is 41.1 cm³/mol. The molecule has 0 radical (unpaired) electrons. The van der Waals surface area contributed by atoms with Gasteiger partial charge in [-0.25, -0.2) is 8.42 Å². The summed E-state index contributed by atoms with van der Waals surface area (Å²) < 4.78 is 20.8. The Morgan fingerprint density at radius 3 is 2.40 bits per heavy atom. The van der Waals surface area contributed by atoms with Crippen molar-refractivity contribution in [2.24, 2.45) is 5.73 Å². The van der Waals surface area contributed by atoms with Crippen LogP contribution in [0, 0.1) is 0 Å². The first-order chi connectivity index (χ1) is 4.42. The molecule has 0 rings (SSSR count). The van der Waals surface area contributed by atoms with Crippen molar-refractivity contribution in [3.05, 3.63) is 0 Å². The average molecular weight is 183 g/mol. The van der Waals surface area contributed by atoms with Crippen molar-refractivity contribution in [3.8, 4) is 0 Å². The summed E-state index contributed by atoms with van der Waals surface area (Å²) in [6.45, 7) is 0. The lowest BCUT2D eigenvalue weighted by atomic mass is 10.5. The van der Waals surface area contributed by atoms with Gasteiger partial charge in [0.25, 0.3) is 0 Å².